The number of amides is 1. The Morgan fingerprint density at radius 1 is 1.38 bits per heavy atom. The molecule has 0 aliphatic carbocycles. The van der Waals surface area contributed by atoms with Gasteiger partial charge in [0.05, 0.1) is 0 Å². The summed E-state index contributed by atoms with van der Waals surface area (Å²) in [4.78, 5) is 13.5. The monoisotopic (exact) mass is 241 g/mol. The molecule has 1 amide bonds. The molecule has 0 unspecified atom stereocenters. The molecule has 86 valence electrons. The molecule has 0 bridgehead atoms. The number of nitrogens with zero attached hydrogens (tertiary/aromatic N) is 1. The molecule has 0 atom stereocenters. The van der Waals surface area contributed by atoms with Gasteiger partial charge < -0.3 is 10.0 Å². The van der Waals surface area contributed by atoms with E-state index in [1.54, 1.807) is 16.7 Å². The van der Waals surface area contributed by atoms with Crippen LogP contribution in [0, 0.1) is 5.82 Å². The van der Waals surface area contributed by atoms with E-state index in [4.69, 9.17) is 0 Å². The first-order valence-corrected chi connectivity index (χ1v) is 6.20. The fourth-order valence-corrected chi connectivity index (χ4v) is 2.55. The lowest BCUT2D eigenvalue weighted by atomic mass is 10.1. The third-order valence-corrected chi connectivity index (χ3v) is 3.45. The zero-order chi connectivity index (χ0) is 11.5. The van der Waals surface area contributed by atoms with Crippen molar-refractivity contribution >= 4 is 17.7 Å². The molecule has 1 saturated heterocycles. The molecule has 1 aliphatic heterocycles. The fraction of sp³-hybridized carbons (Fsp3) is 0.364. The molecule has 5 heteroatoms. The smallest absolute Gasteiger partial charge is 0.260 e. The summed E-state index contributed by atoms with van der Waals surface area (Å²) in [5.41, 5.74) is -0.214. The summed E-state index contributed by atoms with van der Waals surface area (Å²) >= 11 is 1.77. The Kier molecular flexibility index (Phi) is 3.33. The predicted molar refractivity (Wildman–Crippen MR) is 61.3 cm³/mol. The van der Waals surface area contributed by atoms with Crippen LogP contribution in [0.1, 0.15) is 10.4 Å². The highest BCUT2D eigenvalue weighted by Crippen LogP contribution is 2.23. The number of halogens is 1. The number of hydrogen-bond donors (Lipinski definition) is 1. The molecule has 1 aromatic rings. The van der Waals surface area contributed by atoms with Crippen LogP contribution in [0.15, 0.2) is 18.2 Å². The average molecular weight is 241 g/mol. The number of carbonyl (C=O) groups excluding carboxylic acids is 1. The Bertz CT molecular complexity index is 385. The number of carbonyl (C=O) groups is 1. The summed E-state index contributed by atoms with van der Waals surface area (Å²) in [5, 5.41) is 9.50. The van der Waals surface area contributed by atoms with E-state index in [1.807, 2.05) is 0 Å². The van der Waals surface area contributed by atoms with E-state index in [0.29, 0.717) is 13.1 Å². The average Bonchev–Trinajstić information content (AvgIpc) is 2.30. The van der Waals surface area contributed by atoms with E-state index in [2.05, 4.69) is 0 Å². The molecule has 0 aromatic heterocycles. The first kappa shape index (κ1) is 11.3. The normalized spacial score (nSPS) is 16.2. The minimum atomic E-state index is -0.664. The summed E-state index contributed by atoms with van der Waals surface area (Å²) in [6.07, 6.45) is 0. The van der Waals surface area contributed by atoms with E-state index in [0.717, 1.165) is 11.5 Å². The molecule has 0 spiro atoms. The van der Waals surface area contributed by atoms with Gasteiger partial charge in [-0.2, -0.15) is 11.8 Å². The van der Waals surface area contributed by atoms with Crippen molar-refractivity contribution < 1.29 is 14.3 Å². The number of rotatable bonds is 1. The SMILES string of the molecule is O=C(c1c(O)cccc1F)N1CCSCC1. The zero-order valence-electron chi connectivity index (χ0n) is 8.65. The van der Waals surface area contributed by atoms with Crippen molar-refractivity contribution in [3.8, 4) is 5.75 Å². The third-order valence-electron chi connectivity index (χ3n) is 2.50. The molecule has 1 fully saturated rings. The Balaban J connectivity index is 2.26. The van der Waals surface area contributed by atoms with Gasteiger partial charge in [0, 0.05) is 24.6 Å². The van der Waals surface area contributed by atoms with Crippen molar-refractivity contribution in [2.45, 2.75) is 0 Å². The van der Waals surface area contributed by atoms with Gasteiger partial charge >= 0.3 is 0 Å². The summed E-state index contributed by atoms with van der Waals surface area (Å²) in [7, 11) is 0. The highest BCUT2D eigenvalue weighted by atomic mass is 32.2. The van der Waals surface area contributed by atoms with Crippen molar-refractivity contribution in [1.82, 2.24) is 4.90 Å². The molecule has 2 rings (SSSR count). The maximum atomic E-state index is 13.4. The van der Waals surface area contributed by atoms with Crippen molar-refractivity contribution in [3.05, 3.63) is 29.6 Å². The highest BCUT2D eigenvalue weighted by molar-refractivity contribution is 7.99. The van der Waals surface area contributed by atoms with Crippen LogP contribution in [0.25, 0.3) is 0 Å². The van der Waals surface area contributed by atoms with Crippen molar-refractivity contribution in [3.63, 3.8) is 0 Å². The standard InChI is InChI=1S/C11H12FNO2S/c12-8-2-1-3-9(14)10(8)11(15)13-4-6-16-7-5-13/h1-3,14H,4-7H2. The Hall–Kier alpha value is -1.23. The van der Waals surface area contributed by atoms with E-state index in [1.165, 1.54) is 18.2 Å². The summed E-state index contributed by atoms with van der Waals surface area (Å²) in [5.74, 6) is 0.351. The lowest BCUT2D eigenvalue weighted by Crippen LogP contribution is -2.38. The zero-order valence-corrected chi connectivity index (χ0v) is 9.47. The number of benzene rings is 1. The van der Waals surface area contributed by atoms with Gasteiger partial charge in [0.25, 0.3) is 5.91 Å². The molecule has 0 radical (unpaired) electrons. The quantitative estimate of drug-likeness (QED) is 0.814. The topological polar surface area (TPSA) is 40.5 Å². The van der Waals surface area contributed by atoms with Gasteiger partial charge in [-0.3, -0.25) is 4.79 Å². The first-order valence-electron chi connectivity index (χ1n) is 5.04. The number of phenolic OH excluding ortho intramolecular Hbond substituents is 1. The predicted octanol–water partition coefficient (Wildman–Crippen LogP) is 1.72. The van der Waals surface area contributed by atoms with Crippen LogP contribution in [-0.2, 0) is 0 Å². The van der Waals surface area contributed by atoms with Crippen molar-refractivity contribution in [2.75, 3.05) is 24.6 Å². The highest BCUT2D eigenvalue weighted by Gasteiger charge is 2.23. The maximum absolute atomic E-state index is 13.4. The van der Waals surface area contributed by atoms with E-state index in [9.17, 15) is 14.3 Å². The van der Waals surface area contributed by atoms with Gasteiger partial charge in [0.15, 0.2) is 0 Å². The number of hydrogen-bond acceptors (Lipinski definition) is 3. The van der Waals surface area contributed by atoms with E-state index >= 15 is 0 Å². The van der Waals surface area contributed by atoms with Crippen molar-refractivity contribution in [2.24, 2.45) is 0 Å². The van der Waals surface area contributed by atoms with E-state index < -0.39 is 11.7 Å². The van der Waals surface area contributed by atoms with Crippen LogP contribution in [0.2, 0.25) is 0 Å². The molecular weight excluding hydrogens is 229 g/mol. The van der Waals surface area contributed by atoms with Gasteiger partial charge in [-0.25, -0.2) is 4.39 Å². The second-order valence-electron chi connectivity index (χ2n) is 3.54. The maximum Gasteiger partial charge on any atom is 0.260 e. The van der Waals surface area contributed by atoms with Crippen LogP contribution < -0.4 is 0 Å². The summed E-state index contributed by atoms with van der Waals surface area (Å²) < 4.78 is 13.4. The van der Waals surface area contributed by atoms with Crippen LogP contribution in [0.4, 0.5) is 4.39 Å². The van der Waals surface area contributed by atoms with Crippen molar-refractivity contribution in [1.29, 1.82) is 0 Å². The molecule has 1 aromatic carbocycles. The Labute approximate surface area is 97.3 Å². The largest absolute Gasteiger partial charge is 0.507 e. The van der Waals surface area contributed by atoms with Gasteiger partial charge in [-0.15, -0.1) is 0 Å². The van der Waals surface area contributed by atoms with Gasteiger partial charge in [-0.05, 0) is 12.1 Å². The second kappa shape index (κ2) is 4.74. The van der Waals surface area contributed by atoms with Gasteiger partial charge in [0.2, 0.25) is 0 Å². The van der Waals surface area contributed by atoms with Gasteiger partial charge in [-0.1, -0.05) is 6.07 Å². The third kappa shape index (κ3) is 2.14. The van der Waals surface area contributed by atoms with Crippen LogP contribution >= 0.6 is 11.8 Å². The lowest BCUT2D eigenvalue weighted by Gasteiger charge is -2.26. The molecule has 1 heterocycles. The molecule has 3 nitrogen and oxygen atoms in total. The summed E-state index contributed by atoms with van der Waals surface area (Å²) in [6.45, 7) is 1.22. The minimum Gasteiger partial charge on any atom is -0.507 e. The Morgan fingerprint density at radius 3 is 2.69 bits per heavy atom. The molecule has 1 N–H and O–H groups in total. The fourth-order valence-electron chi connectivity index (χ4n) is 1.65. The summed E-state index contributed by atoms with van der Waals surface area (Å²) in [6, 6.07) is 3.90. The van der Waals surface area contributed by atoms with Crippen LogP contribution in [-0.4, -0.2) is 40.5 Å². The van der Waals surface area contributed by atoms with Crippen LogP contribution in [0.5, 0.6) is 5.75 Å². The molecule has 16 heavy (non-hydrogen) atoms. The number of thioether (sulfide) groups is 1. The molecule has 1 aliphatic rings. The lowest BCUT2D eigenvalue weighted by molar-refractivity contribution is 0.0764. The first-order chi connectivity index (χ1) is 7.70. The Morgan fingerprint density at radius 2 is 2.06 bits per heavy atom. The number of phenols is 1. The molecule has 0 saturated carbocycles. The second-order valence-corrected chi connectivity index (χ2v) is 4.76. The van der Waals surface area contributed by atoms with Gasteiger partial charge in [0.1, 0.15) is 17.1 Å². The minimum absolute atomic E-state index is 0.214. The number of aromatic hydroxyl groups is 1. The van der Waals surface area contributed by atoms with E-state index in [-0.39, 0.29) is 11.3 Å². The van der Waals surface area contributed by atoms with Crippen LogP contribution in [0.3, 0.4) is 0 Å². The molecular formula is C11H12FNO2S.